The maximum atomic E-state index is 13.1. The third kappa shape index (κ3) is 2.92. The van der Waals surface area contributed by atoms with Gasteiger partial charge in [-0.1, -0.05) is 6.08 Å². The molecule has 2 N–H and O–H groups in total. The van der Waals surface area contributed by atoms with Gasteiger partial charge in [-0.15, -0.1) is 0 Å². The zero-order chi connectivity index (χ0) is 14.9. The molecule has 0 saturated carbocycles. The van der Waals surface area contributed by atoms with Crippen molar-refractivity contribution in [2.75, 3.05) is 18.8 Å². The Bertz CT molecular complexity index is 566. The number of alkyl halides is 3. The summed E-state index contributed by atoms with van der Waals surface area (Å²) in [5, 5.41) is 0. The third-order valence-corrected chi connectivity index (χ3v) is 3.11. The first-order chi connectivity index (χ1) is 9.29. The Labute approximate surface area is 112 Å². The number of hydrogen-bond donors (Lipinski definition) is 1. The molecule has 1 amide bonds. The molecule has 0 atom stereocenters. The van der Waals surface area contributed by atoms with Crippen LogP contribution in [0.5, 0.6) is 0 Å². The van der Waals surface area contributed by atoms with Crippen molar-refractivity contribution in [3.05, 3.63) is 41.2 Å². The summed E-state index contributed by atoms with van der Waals surface area (Å²) in [4.78, 5) is 13.3. The van der Waals surface area contributed by atoms with E-state index in [1.807, 2.05) is 0 Å². The van der Waals surface area contributed by atoms with Crippen LogP contribution >= 0.6 is 0 Å². The van der Waals surface area contributed by atoms with Gasteiger partial charge in [-0.2, -0.15) is 13.2 Å². The average Bonchev–Trinajstić information content (AvgIpc) is 2.40. The molecule has 2 rings (SSSR count). The number of nitrogens with zero attached hydrogens (tertiary/aromatic N) is 1. The van der Waals surface area contributed by atoms with Gasteiger partial charge in [0.25, 0.3) is 5.91 Å². The van der Waals surface area contributed by atoms with Crippen LogP contribution in [0.25, 0.3) is 0 Å². The molecule has 20 heavy (non-hydrogen) atoms. The van der Waals surface area contributed by atoms with Gasteiger partial charge in [0, 0.05) is 24.4 Å². The second-order valence-electron chi connectivity index (χ2n) is 4.46. The van der Waals surface area contributed by atoms with E-state index >= 15 is 0 Å². The minimum absolute atomic E-state index is 0.0335. The van der Waals surface area contributed by atoms with E-state index in [9.17, 15) is 22.4 Å². The van der Waals surface area contributed by atoms with Gasteiger partial charge in [0.15, 0.2) is 0 Å². The maximum Gasteiger partial charge on any atom is 0.412 e. The number of nitrogen functional groups attached to an aromatic ring is 1. The van der Waals surface area contributed by atoms with Crippen LogP contribution in [-0.2, 0) is 0 Å². The first-order valence-corrected chi connectivity index (χ1v) is 5.89. The zero-order valence-corrected chi connectivity index (χ0v) is 10.4. The smallest absolute Gasteiger partial charge is 0.398 e. The van der Waals surface area contributed by atoms with Crippen molar-refractivity contribution in [2.24, 2.45) is 0 Å². The molecule has 0 radical (unpaired) electrons. The van der Waals surface area contributed by atoms with Crippen LogP contribution in [0.4, 0.5) is 23.2 Å². The standard InChI is InChI=1S/C13H12F4N2O/c14-9-1-2-11(18)10(7-9)12(20)19-5-3-8(4-6-19)13(15,16)17/h1-3,7H,4-6,18H2. The second kappa shape index (κ2) is 5.15. The number of halogens is 4. The second-order valence-corrected chi connectivity index (χ2v) is 4.46. The van der Waals surface area contributed by atoms with Crippen molar-refractivity contribution in [2.45, 2.75) is 12.6 Å². The molecule has 1 aliphatic rings. The largest absolute Gasteiger partial charge is 0.412 e. The third-order valence-electron chi connectivity index (χ3n) is 3.11. The molecule has 1 aliphatic heterocycles. The van der Waals surface area contributed by atoms with E-state index in [1.54, 1.807) is 0 Å². The van der Waals surface area contributed by atoms with E-state index in [0.717, 1.165) is 18.2 Å². The van der Waals surface area contributed by atoms with Crippen LogP contribution in [0.1, 0.15) is 16.8 Å². The molecule has 0 aliphatic carbocycles. The Morgan fingerprint density at radius 2 is 2.00 bits per heavy atom. The van der Waals surface area contributed by atoms with Crippen LogP contribution < -0.4 is 5.73 Å². The summed E-state index contributed by atoms with van der Waals surface area (Å²) < 4.78 is 50.5. The van der Waals surface area contributed by atoms with E-state index in [1.165, 1.54) is 11.0 Å². The number of amides is 1. The van der Waals surface area contributed by atoms with Gasteiger partial charge in [0.1, 0.15) is 5.82 Å². The van der Waals surface area contributed by atoms with Crippen LogP contribution in [0, 0.1) is 5.82 Å². The first kappa shape index (κ1) is 14.4. The van der Waals surface area contributed by atoms with E-state index in [2.05, 4.69) is 0 Å². The van der Waals surface area contributed by atoms with Crippen molar-refractivity contribution in [3.63, 3.8) is 0 Å². The molecular formula is C13H12F4N2O. The molecule has 0 bridgehead atoms. The Morgan fingerprint density at radius 1 is 1.30 bits per heavy atom. The molecule has 3 nitrogen and oxygen atoms in total. The molecule has 7 heteroatoms. The molecule has 108 valence electrons. The van der Waals surface area contributed by atoms with Gasteiger partial charge >= 0.3 is 6.18 Å². The summed E-state index contributed by atoms with van der Waals surface area (Å²) in [6.07, 6.45) is -3.67. The Hall–Kier alpha value is -2.05. The van der Waals surface area contributed by atoms with Crippen LogP contribution in [0.3, 0.4) is 0 Å². The highest BCUT2D eigenvalue weighted by Crippen LogP contribution is 2.30. The van der Waals surface area contributed by atoms with E-state index in [-0.39, 0.29) is 30.8 Å². The number of rotatable bonds is 1. The average molecular weight is 288 g/mol. The lowest BCUT2D eigenvalue weighted by Gasteiger charge is -2.27. The number of anilines is 1. The lowest BCUT2D eigenvalue weighted by molar-refractivity contribution is -0.0957. The highest BCUT2D eigenvalue weighted by Gasteiger charge is 2.35. The molecule has 0 fully saturated rings. The van der Waals surface area contributed by atoms with Gasteiger partial charge in [0.2, 0.25) is 0 Å². The van der Waals surface area contributed by atoms with Crippen molar-refractivity contribution >= 4 is 11.6 Å². The maximum absolute atomic E-state index is 13.1. The number of carbonyl (C=O) groups excluding carboxylic acids is 1. The lowest BCUT2D eigenvalue weighted by Crippen LogP contribution is -2.37. The minimum Gasteiger partial charge on any atom is -0.398 e. The Morgan fingerprint density at radius 3 is 2.55 bits per heavy atom. The summed E-state index contributed by atoms with van der Waals surface area (Å²) in [5.41, 5.74) is 5.00. The molecule has 1 heterocycles. The van der Waals surface area contributed by atoms with Gasteiger partial charge in [0.05, 0.1) is 5.56 Å². The van der Waals surface area contributed by atoms with Crippen LogP contribution in [-0.4, -0.2) is 30.1 Å². The molecular weight excluding hydrogens is 276 g/mol. The number of benzene rings is 1. The molecule has 0 spiro atoms. The monoisotopic (exact) mass is 288 g/mol. The minimum atomic E-state index is -4.37. The van der Waals surface area contributed by atoms with Gasteiger partial charge in [-0.3, -0.25) is 4.79 Å². The predicted octanol–water partition coefficient (Wildman–Crippen LogP) is 2.74. The van der Waals surface area contributed by atoms with Gasteiger partial charge in [-0.05, 0) is 24.6 Å². The first-order valence-electron chi connectivity index (χ1n) is 5.89. The summed E-state index contributed by atoms with van der Waals surface area (Å²) in [7, 11) is 0. The van der Waals surface area contributed by atoms with Crippen molar-refractivity contribution in [1.29, 1.82) is 0 Å². The highest BCUT2D eigenvalue weighted by molar-refractivity contribution is 5.99. The molecule has 1 aromatic rings. The number of hydrogen-bond acceptors (Lipinski definition) is 2. The summed E-state index contributed by atoms with van der Waals surface area (Å²) >= 11 is 0. The summed E-state index contributed by atoms with van der Waals surface area (Å²) in [6, 6.07) is 3.36. The zero-order valence-electron chi connectivity index (χ0n) is 10.4. The van der Waals surface area contributed by atoms with Gasteiger partial charge in [-0.25, -0.2) is 4.39 Å². The van der Waals surface area contributed by atoms with Gasteiger partial charge < -0.3 is 10.6 Å². The fourth-order valence-corrected chi connectivity index (χ4v) is 2.00. The fourth-order valence-electron chi connectivity index (χ4n) is 2.00. The van der Waals surface area contributed by atoms with E-state index in [4.69, 9.17) is 5.73 Å². The fraction of sp³-hybridized carbons (Fsp3) is 0.308. The highest BCUT2D eigenvalue weighted by atomic mass is 19.4. The summed E-state index contributed by atoms with van der Waals surface area (Å²) in [6.45, 7) is -0.232. The summed E-state index contributed by atoms with van der Waals surface area (Å²) in [5.74, 6) is -1.19. The Balaban J connectivity index is 2.17. The normalized spacial score (nSPS) is 16.0. The van der Waals surface area contributed by atoms with Crippen molar-refractivity contribution < 1.29 is 22.4 Å². The van der Waals surface area contributed by atoms with Crippen molar-refractivity contribution in [1.82, 2.24) is 4.90 Å². The predicted molar refractivity (Wildman–Crippen MR) is 65.5 cm³/mol. The van der Waals surface area contributed by atoms with Crippen molar-refractivity contribution in [3.8, 4) is 0 Å². The topological polar surface area (TPSA) is 46.3 Å². The SMILES string of the molecule is Nc1ccc(F)cc1C(=O)N1CC=C(C(F)(F)F)CC1. The molecule has 1 aromatic carbocycles. The van der Waals surface area contributed by atoms with E-state index < -0.39 is 23.5 Å². The quantitative estimate of drug-likeness (QED) is 0.490. The lowest BCUT2D eigenvalue weighted by atomic mass is 10.1. The molecule has 0 saturated heterocycles. The Kier molecular flexibility index (Phi) is 3.69. The van der Waals surface area contributed by atoms with E-state index in [0.29, 0.717) is 0 Å². The van der Waals surface area contributed by atoms with Crippen LogP contribution in [0.15, 0.2) is 29.8 Å². The molecule has 0 unspecified atom stereocenters. The molecule has 0 aromatic heterocycles. The van der Waals surface area contributed by atoms with Crippen LogP contribution in [0.2, 0.25) is 0 Å². The number of carbonyl (C=O) groups is 1. The number of nitrogens with two attached hydrogens (primary N) is 1.